The second-order valence-corrected chi connectivity index (χ2v) is 4.54. The molecule has 0 aliphatic rings. The van der Waals surface area contributed by atoms with E-state index in [0.29, 0.717) is 5.56 Å². The number of carbonyl (C=O) groups excluding carboxylic acids is 1. The number of carbonyl (C=O) groups is 1. The van der Waals surface area contributed by atoms with E-state index in [1.165, 1.54) is 13.0 Å². The van der Waals surface area contributed by atoms with Gasteiger partial charge in [-0.25, -0.2) is 0 Å². The Labute approximate surface area is 84.6 Å². The third kappa shape index (κ3) is 2.13. The molecule has 0 bridgehead atoms. The van der Waals surface area contributed by atoms with Crippen molar-refractivity contribution in [1.29, 1.82) is 0 Å². The Kier molecular flexibility index (Phi) is 2.65. The molecule has 0 heterocycles. The summed E-state index contributed by atoms with van der Waals surface area (Å²) >= 11 is 0. The van der Waals surface area contributed by atoms with Crippen molar-refractivity contribution in [2.75, 3.05) is 0 Å². The zero-order chi connectivity index (χ0) is 10.9. The van der Waals surface area contributed by atoms with Gasteiger partial charge in [0.2, 0.25) is 0 Å². The number of phenols is 1. The van der Waals surface area contributed by atoms with Crippen molar-refractivity contribution in [3.05, 3.63) is 29.3 Å². The molecule has 0 aliphatic heterocycles. The van der Waals surface area contributed by atoms with Crippen LogP contribution >= 0.6 is 0 Å². The van der Waals surface area contributed by atoms with Crippen LogP contribution in [0.15, 0.2) is 18.2 Å². The first-order valence-electron chi connectivity index (χ1n) is 4.67. The zero-order valence-corrected chi connectivity index (χ0v) is 9.09. The lowest BCUT2D eigenvalue weighted by Gasteiger charge is -2.20. The van der Waals surface area contributed by atoms with Crippen LogP contribution < -0.4 is 0 Å². The lowest BCUT2D eigenvalue weighted by molar-refractivity contribution is 0.101. The van der Waals surface area contributed by atoms with Crippen LogP contribution in [0.3, 0.4) is 0 Å². The molecule has 1 aromatic carbocycles. The average Bonchev–Trinajstić information content (AvgIpc) is 2.01. The molecule has 0 unspecified atom stereocenters. The summed E-state index contributed by atoms with van der Waals surface area (Å²) in [6.45, 7) is 7.56. The molecule has 1 aromatic rings. The van der Waals surface area contributed by atoms with E-state index in [0.717, 1.165) is 5.56 Å². The minimum absolute atomic E-state index is 0.0271. The fraction of sp³-hybridized carbons (Fsp3) is 0.417. The Bertz CT molecular complexity index is 359. The Hall–Kier alpha value is -1.31. The number of hydrogen-bond donors (Lipinski definition) is 1. The van der Waals surface area contributed by atoms with E-state index in [9.17, 15) is 9.90 Å². The molecule has 0 saturated carbocycles. The lowest BCUT2D eigenvalue weighted by atomic mass is 9.85. The van der Waals surface area contributed by atoms with Crippen LogP contribution in [0.4, 0.5) is 0 Å². The summed E-state index contributed by atoms with van der Waals surface area (Å²) in [7, 11) is 0. The molecule has 1 N–H and O–H groups in total. The first kappa shape index (κ1) is 10.8. The largest absolute Gasteiger partial charge is 0.508 e. The van der Waals surface area contributed by atoms with E-state index in [2.05, 4.69) is 0 Å². The van der Waals surface area contributed by atoms with Crippen molar-refractivity contribution in [3.63, 3.8) is 0 Å². The van der Waals surface area contributed by atoms with Gasteiger partial charge in [-0.1, -0.05) is 32.9 Å². The normalized spacial score (nSPS) is 11.4. The number of hydrogen-bond acceptors (Lipinski definition) is 2. The molecule has 2 heteroatoms. The summed E-state index contributed by atoms with van der Waals surface area (Å²) in [4.78, 5) is 11.0. The fourth-order valence-electron chi connectivity index (χ4n) is 1.38. The Morgan fingerprint density at radius 2 is 1.86 bits per heavy atom. The zero-order valence-electron chi connectivity index (χ0n) is 9.09. The minimum atomic E-state index is -0.0978. The number of rotatable bonds is 1. The lowest BCUT2D eigenvalue weighted by Crippen LogP contribution is -2.11. The van der Waals surface area contributed by atoms with Gasteiger partial charge < -0.3 is 5.11 Å². The van der Waals surface area contributed by atoms with Crippen LogP contribution in [-0.4, -0.2) is 10.9 Å². The van der Waals surface area contributed by atoms with Crippen molar-refractivity contribution in [2.45, 2.75) is 33.1 Å². The van der Waals surface area contributed by atoms with Crippen LogP contribution in [0.25, 0.3) is 0 Å². The second kappa shape index (κ2) is 3.45. The first-order chi connectivity index (χ1) is 6.32. The van der Waals surface area contributed by atoms with Crippen molar-refractivity contribution < 1.29 is 9.90 Å². The number of phenolic OH excluding ortho intramolecular Hbond substituents is 1. The van der Waals surface area contributed by atoms with Gasteiger partial charge in [-0.3, -0.25) is 4.79 Å². The average molecular weight is 192 g/mol. The molecular weight excluding hydrogens is 176 g/mol. The van der Waals surface area contributed by atoms with E-state index in [1.807, 2.05) is 26.8 Å². The molecule has 2 nitrogen and oxygen atoms in total. The molecule has 0 fully saturated rings. The minimum Gasteiger partial charge on any atom is -0.508 e. The van der Waals surface area contributed by atoms with E-state index in [4.69, 9.17) is 0 Å². The van der Waals surface area contributed by atoms with E-state index >= 15 is 0 Å². The fourth-order valence-corrected chi connectivity index (χ4v) is 1.38. The summed E-state index contributed by atoms with van der Waals surface area (Å²) in [5.41, 5.74) is 1.32. The smallest absolute Gasteiger partial charge is 0.159 e. The highest BCUT2D eigenvalue weighted by Gasteiger charge is 2.18. The summed E-state index contributed by atoms with van der Waals surface area (Å²) < 4.78 is 0. The van der Waals surface area contributed by atoms with E-state index in [-0.39, 0.29) is 16.9 Å². The molecule has 76 valence electrons. The van der Waals surface area contributed by atoms with Gasteiger partial charge in [-0.2, -0.15) is 0 Å². The van der Waals surface area contributed by atoms with Crippen LogP contribution in [0, 0.1) is 0 Å². The first-order valence-corrected chi connectivity index (χ1v) is 4.67. The summed E-state index contributed by atoms with van der Waals surface area (Å²) in [6.07, 6.45) is 0. The quantitative estimate of drug-likeness (QED) is 0.695. The SMILES string of the molecule is CC(=O)c1ccc(C(C)(C)C)c(O)c1. The predicted octanol–water partition coefficient (Wildman–Crippen LogP) is 2.89. The maximum atomic E-state index is 11.0. The van der Waals surface area contributed by atoms with Crippen molar-refractivity contribution in [1.82, 2.24) is 0 Å². The molecule has 0 radical (unpaired) electrons. The summed E-state index contributed by atoms with van der Waals surface area (Å²) in [5, 5.41) is 9.72. The van der Waals surface area contributed by atoms with Gasteiger partial charge in [-0.05, 0) is 24.0 Å². The highest BCUT2D eigenvalue weighted by Crippen LogP contribution is 2.31. The Balaban J connectivity index is 3.21. The van der Waals surface area contributed by atoms with Gasteiger partial charge in [0.1, 0.15) is 5.75 Å². The second-order valence-electron chi connectivity index (χ2n) is 4.54. The maximum Gasteiger partial charge on any atom is 0.159 e. The Morgan fingerprint density at radius 3 is 2.21 bits per heavy atom. The number of aromatic hydroxyl groups is 1. The van der Waals surface area contributed by atoms with Crippen LogP contribution in [0.1, 0.15) is 43.6 Å². The molecule has 0 aliphatic carbocycles. The maximum absolute atomic E-state index is 11.0. The summed E-state index contributed by atoms with van der Waals surface area (Å²) in [6, 6.07) is 5.09. The summed E-state index contributed by atoms with van der Waals surface area (Å²) in [5.74, 6) is 0.172. The van der Waals surface area contributed by atoms with Crippen LogP contribution in [-0.2, 0) is 5.41 Å². The molecule has 14 heavy (non-hydrogen) atoms. The van der Waals surface area contributed by atoms with Crippen molar-refractivity contribution in [3.8, 4) is 5.75 Å². The number of Topliss-reactive ketones (excluding diaryl/α,β-unsaturated/α-hetero) is 1. The van der Waals surface area contributed by atoms with Crippen molar-refractivity contribution in [2.24, 2.45) is 0 Å². The van der Waals surface area contributed by atoms with Crippen LogP contribution in [0.2, 0.25) is 0 Å². The third-order valence-corrected chi connectivity index (χ3v) is 2.21. The van der Waals surface area contributed by atoms with E-state index in [1.54, 1.807) is 6.07 Å². The van der Waals surface area contributed by atoms with Gasteiger partial charge in [0.25, 0.3) is 0 Å². The van der Waals surface area contributed by atoms with Gasteiger partial charge in [0, 0.05) is 5.56 Å². The van der Waals surface area contributed by atoms with Gasteiger partial charge in [0.05, 0.1) is 0 Å². The van der Waals surface area contributed by atoms with Crippen LogP contribution in [0.5, 0.6) is 5.75 Å². The highest BCUT2D eigenvalue weighted by atomic mass is 16.3. The third-order valence-electron chi connectivity index (χ3n) is 2.21. The molecule has 0 saturated heterocycles. The van der Waals surface area contributed by atoms with Gasteiger partial charge in [-0.15, -0.1) is 0 Å². The van der Waals surface area contributed by atoms with Gasteiger partial charge >= 0.3 is 0 Å². The van der Waals surface area contributed by atoms with Crippen molar-refractivity contribution >= 4 is 5.78 Å². The highest BCUT2D eigenvalue weighted by molar-refractivity contribution is 5.94. The Morgan fingerprint density at radius 1 is 1.29 bits per heavy atom. The molecule has 0 spiro atoms. The molecule has 0 atom stereocenters. The predicted molar refractivity (Wildman–Crippen MR) is 56.8 cm³/mol. The topological polar surface area (TPSA) is 37.3 Å². The molecule has 1 rings (SSSR count). The standard InChI is InChI=1S/C12H16O2/c1-8(13)9-5-6-10(11(14)7-9)12(2,3)4/h5-7,14H,1-4H3. The molecule has 0 amide bonds. The number of benzene rings is 1. The van der Waals surface area contributed by atoms with E-state index < -0.39 is 0 Å². The molecular formula is C12H16O2. The van der Waals surface area contributed by atoms with Gasteiger partial charge in [0.15, 0.2) is 5.78 Å². The molecule has 0 aromatic heterocycles. The number of ketones is 1. The monoisotopic (exact) mass is 192 g/mol.